The summed E-state index contributed by atoms with van der Waals surface area (Å²) >= 11 is 0. The van der Waals surface area contributed by atoms with Crippen LogP contribution in [-0.2, 0) is 24.3 Å². The molecule has 0 saturated carbocycles. The smallest absolute Gasteiger partial charge is 0.244 e. The van der Waals surface area contributed by atoms with E-state index in [1.54, 1.807) is 0 Å². The first kappa shape index (κ1) is 18.1. The number of hydrogen-bond acceptors (Lipinski definition) is 5. The summed E-state index contributed by atoms with van der Waals surface area (Å²) in [7, 11) is 0. The Kier molecular flexibility index (Phi) is 4.95. The van der Waals surface area contributed by atoms with Crippen molar-refractivity contribution in [1.82, 2.24) is 30.0 Å². The zero-order valence-electron chi connectivity index (χ0n) is 16.5. The van der Waals surface area contributed by atoms with Crippen molar-refractivity contribution in [3.8, 4) is 0 Å². The van der Waals surface area contributed by atoms with E-state index in [1.807, 2.05) is 36.5 Å². The molecule has 0 radical (unpaired) electrons. The molecule has 7 heteroatoms. The van der Waals surface area contributed by atoms with Crippen molar-refractivity contribution >= 4 is 5.91 Å². The van der Waals surface area contributed by atoms with Crippen LogP contribution in [0.5, 0.6) is 0 Å². The van der Waals surface area contributed by atoms with E-state index < -0.39 is 0 Å². The van der Waals surface area contributed by atoms with Gasteiger partial charge in [0, 0.05) is 49.4 Å². The van der Waals surface area contributed by atoms with Crippen molar-refractivity contribution in [3.05, 3.63) is 40.2 Å². The molecule has 1 saturated heterocycles. The molecule has 1 amide bonds. The predicted octanol–water partition coefficient (Wildman–Crippen LogP) is 1.65. The van der Waals surface area contributed by atoms with Crippen LogP contribution in [0.3, 0.4) is 0 Å². The van der Waals surface area contributed by atoms with E-state index in [0.29, 0.717) is 25.6 Å². The lowest BCUT2D eigenvalue weighted by Crippen LogP contribution is -2.39. The number of piperidine rings is 1. The van der Waals surface area contributed by atoms with Crippen LogP contribution in [0.15, 0.2) is 6.20 Å². The number of hydrogen-bond donors (Lipinski definition) is 1. The molecule has 0 spiro atoms. The summed E-state index contributed by atoms with van der Waals surface area (Å²) in [5.41, 5.74) is 5.39. The van der Waals surface area contributed by atoms with Crippen LogP contribution in [0.2, 0.25) is 0 Å². The Hall–Kier alpha value is -2.28. The van der Waals surface area contributed by atoms with E-state index in [0.717, 1.165) is 60.0 Å². The van der Waals surface area contributed by atoms with E-state index in [1.165, 1.54) is 6.42 Å². The number of aromatic nitrogens is 4. The first-order valence-electron chi connectivity index (χ1n) is 9.86. The van der Waals surface area contributed by atoms with Gasteiger partial charge in [-0.2, -0.15) is 5.10 Å². The van der Waals surface area contributed by atoms with Gasteiger partial charge in [0.15, 0.2) is 0 Å². The summed E-state index contributed by atoms with van der Waals surface area (Å²) in [5.74, 6) is 1.48. The van der Waals surface area contributed by atoms with Gasteiger partial charge in [0.2, 0.25) is 5.91 Å². The monoisotopic (exact) mass is 368 g/mol. The van der Waals surface area contributed by atoms with Gasteiger partial charge >= 0.3 is 0 Å². The number of carbonyl (C=O) groups excluding carboxylic acids is 1. The van der Waals surface area contributed by atoms with Gasteiger partial charge in [0.05, 0.1) is 11.4 Å². The fourth-order valence-corrected chi connectivity index (χ4v) is 3.98. The Morgan fingerprint density at radius 3 is 2.89 bits per heavy atom. The second kappa shape index (κ2) is 7.38. The minimum absolute atomic E-state index is 0.104. The molecule has 0 bridgehead atoms. The largest absolute Gasteiger partial charge is 0.336 e. The van der Waals surface area contributed by atoms with Gasteiger partial charge in [-0.25, -0.2) is 9.97 Å². The van der Waals surface area contributed by atoms with Crippen LogP contribution in [0.1, 0.15) is 52.8 Å². The SMILES string of the molecule is Cc1nn(CC(=O)N2CCc3nc(C4CCCNC4)ncc3C2)c(C)c1C. The number of rotatable bonds is 3. The molecule has 4 heterocycles. The van der Waals surface area contributed by atoms with Gasteiger partial charge in [-0.15, -0.1) is 0 Å². The van der Waals surface area contributed by atoms with Crippen molar-refractivity contribution in [1.29, 1.82) is 0 Å². The zero-order valence-corrected chi connectivity index (χ0v) is 16.5. The molecule has 0 aromatic carbocycles. The third-order valence-electron chi connectivity index (χ3n) is 6.00. The van der Waals surface area contributed by atoms with Crippen LogP contribution in [0, 0.1) is 20.8 Å². The minimum Gasteiger partial charge on any atom is -0.336 e. The number of nitrogens with one attached hydrogen (secondary N) is 1. The summed E-state index contributed by atoms with van der Waals surface area (Å²) in [4.78, 5) is 24.1. The molecule has 2 aliphatic rings. The summed E-state index contributed by atoms with van der Waals surface area (Å²) in [6.07, 6.45) is 5.06. The second-order valence-electron chi connectivity index (χ2n) is 7.76. The molecule has 1 N–H and O–H groups in total. The molecule has 144 valence electrons. The Morgan fingerprint density at radius 1 is 1.33 bits per heavy atom. The summed E-state index contributed by atoms with van der Waals surface area (Å²) in [6, 6.07) is 0. The lowest BCUT2D eigenvalue weighted by atomic mass is 9.98. The third-order valence-corrected chi connectivity index (χ3v) is 6.00. The minimum atomic E-state index is 0.104. The third kappa shape index (κ3) is 3.60. The van der Waals surface area contributed by atoms with E-state index in [-0.39, 0.29) is 5.91 Å². The highest BCUT2D eigenvalue weighted by Crippen LogP contribution is 2.23. The highest BCUT2D eigenvalue weighted by Gasteiger charge is 2.25. The highest BCUT2D eigenvalue weighted by molar-refractivity contribution is 5.76. The topological polar surface area (TPSA) is 75.9 Å². The van der Waals surface area contributed by atoms with Gasteiger partial charge in [0.1, 0.15) is 12.4 Å². The van der Waals surface area contributed by atoms with Gasteiger partial charge in [-0.1, -0.05) is 0 Å². The quantitative estimate of drug-likeness (QED) is 0.892. The summed E-state index contributed by atoms with van der Waals surface area (Å²) in [5, 5.41) is 7.92. The molecule has 7 nitrogen and oxygen atoms in total. The number of nitrogens with zero attached hydrogens (tertiary/aromatic N) is 5. The van der Waals surface area contributed by atoms with E-state index >= 15 is 0 Å². The summed E-state index contributed by atoms with van der Waals surface area (Å²) < 4.78 is 1.82. The van der Waals surface area contributed by atoms with Crippen LogP contribution in [0.4, 0.5) is 0 Å². The van der Waals surface area contributed by atoms with Crippen molar-refractivity contribution in [2.24, 2.45) is 0 Å². The van der Waals surface area contributed by atoms with E-state index in [9.17, 15) is 4.79 Å². The highest BCUT2D eigenvalue weighted by atomic mass is 16.2. The fraction of sp³-hybridized carbons (Fsp3) is 0.600. The first-order valence-corrected chi connectivity index (χ1v) is 9.86. The average Bonchev–Trinajstić information content (AvgIpc) is 2.94. The second-order valence-corrected chi connectivity index (χ2v) is 7.76. The Bertz CT molecular complexity index is 852. The predicted molar refractivity (Wildman–Crippen MR) is 102 cm³/mol. The van der Waals surface area contributed by atoms with Crippen LogP contribution < -0.4 is 5.32 Å². The molecule has 0 aliphatic carbocycles. The fourth-order valence-electron chi connectivity index (χ4n) is 3.98. The maximum atomic E-state index is 12.8. The van der Waals surface area contributed by atoms with Crippen molar-refractivity contribution in [2.75, 3.05) is 19.6 Å². The zero-order chi connectivity index (χ0) is 19.0. The summed E-state index contributed by atoms with van der Waals surface area (Å²) in [6.45, 7) is 9.70. The van der Waals surface area contributed by atoms with Crippen LogP contribution in [0.25, 0.3) is 0 Å². The van der Waals surface area contributed by atoms with Crippen LogP contribution in [-0.4, -0.2) is 50.2 Å². The number of aryl methyl sites for hydroxylation is 1. The lowest BCUT2D eigenvalue weighted by Gasteiger charge is -2.29. The van der Waals surface area contributed by atoms with Crippen molar-refractivity contribution < 1.29 is 4.79 Å². The van der Waals surface area contributed by atoms with Gasteiger partial charge < -0.3 is 10.2 Å². The first-order chi connectivity index (χ1) is 13.0. The molecule has 4 rings (SSSR count). The molecule has 1 fully saturated rings. The lowest BCUT2D eigenvalue weighted by molar-refractivity contribution is -0.133. The molecule has 2 aromatic heterocycles. The molecule has 1 unspecified atom stereocenters. The molecular formula is C20H28N6O. The molecule has 2 aliphatic heterocycles. The van der Waals surface area contributed by atoms with E-state index in [2.05, 4.69) is 15.4 Å². The standard InChI is InChI=1S/C20H28N6O/c1-13-14(2)24-26(15(13)3)12-19(27)25-8-6-18-17(11-25)10-22-20(23-18)16-5-4-7-21-9-16/h10,16,21H,4-9,11-12H2,1-3H3. The Labute approximate surface area is 160 Å². The average molecular weight is 368 g/mol. The van der Waals surface area contributed by atoms with Crippen molar-refractivity contribution in [2.45, 2.75) is 59.0 Å². The molecular weight excluding hydrogens is 340 g/mol. The Balaban J connectivity index is 1.44. The van der Waals surface area contributed by atoms with Gasteiger partial charge in [-0.05, 0) is 45.7 Å². The van der Waals surface area contributed by atoms with Gasteiger partial charge in [0.25, 0.3) is 0 Å². The van der Waals surface area contributed by atoms with Crippen LogP contribution >= 0.6 is 0 Å². The molecule has 2 aromatic rings. The molecule has 1 atom stereocenters. The molecule has 27 heavy (non-hydrogen) atoms. The normalized spacial score (nSPS) is 19.8. The maximum Gasteiger partial charge on any atom is 0.244 e. The van der Waals surface area contributed by atoms with Crippen molar-refractivity contribution in [3.63, 3.8) is 0 Å². The number of amides is 1. The number of carbonyl (C=O) groups is 1. The van der Waals surface area contributed by atoms with Gasteiger partial charge in [-0.3, -0.25) is 9.48 Å². The van der Waals surface area contributed by atoms with E-state index in [4.69, 9.17) is 4.98 Å². The number of fused-ring (bicyclic) bond motifs is 1. The Morgan fingerprint density at radius 2 is 2.19 bits per heavy atom. The maximum absolute atomic E-state index is 12.8.